The molecule has 20 heavy (non-hydrogen) atoms. The Balaban J connectivity index is 2.20. The number of benzene rings is 1. The van der Waals surface area contributed by atoms with Gasteiger partial charge in [-0.25, -0.2) is 9.37 Å². The van der Waals surface area contributed by atoms with Crippen LogP contribution < -0.4 is 5.32 Å². The van der Waals surface area contributed by atoms with Crippen molar-refractivity contribution in [2.24, 2.45) is 0 Å². The van der Waals surface area contributed by atoms with Gasteiger partial charge in [0.2, 0.25) is 0 Å². The van der Waals surface area contributed by atoms with Crippen LogP contribution in [0.4, 0.5) is 4.39 Å². The zero-order chi connectivity index (χ0) is 14.4. The highest BCUT2D eigenvalue weighted by Crippen LogP contribution is 2.18. The molecule has 1 heterocycles. The summed E-state index contributed by atoms with van der Waals surface area (Å²) in [5, 5.41) is 3.45. The highest BCUT2D eigenvalue weighted by atomic mass is 19.1. The predicted octanol–water partition coefficient (Wildman–Crippen LogP) is 3.33. The van der Waals surface area contributed by atoms with E-state index in [0.29, 0.717) is 0 Å². The summed E-state index contributed by atoms with van der Waals surface area (Å²) in [5.41, 5.74) is 0.988. The second kappa shape index (κ2) is 7.20. The Kier molecular flexibility index (Phi) is 5.30. The van der Waals surface area contributed by atoms with Crippen LogP contribution in [-0.4, -0.2) is 16.1 Å². The molecule has 0 aliphatic heterocycles. The number of halogens is 1. The Morgan fingerprint density at radius 3 is 2.90 bits per heavy atom. The van der Waals surface area contributed by atoms with Gasteiger partial charge in [0.1, 0.15) is 11.6 Å². The van der Waals surface area contributed by atoms with E-state index in [2.05, 4.69) is 28.7 Å². The van der Waals surface area contributed by atoms with E-state index in [-0.39, 0.29) is 11.9 Å². The Labute approximate surface area is 119 Å². The molecule has 0 spiro atoms. The summed E-state index contributed by atoms with van der Waals surface area (Å²) in [4.78, 5) is 4.48. The number of hydrogen-bond donors (Lipinski definition) is 1. The van der Waals surface area contributed by atoms with Gasteiger partial charge in [-0.05, 0) is 37.1 Å². The summed E-state index contributed by atoms with van der Waals surface area (Å²) in [5.74, 6) is 0.840. The molecule has 3 nitrogen and oxygen atoms in total. The van der Waals surface area contributed by atoms with Gasteiger partial charge in [-0.2, -0.15) is 0 Å². The van der Waals surface area contributed by atoms with Crippen molar-refractivity contribution in [1.82, 2.24) is 14.9 Å². The Bertz CT molecular complexity index is 536. The molecule has 0 saturated heterocycles. The topological polar surface area (TPSA) is 29.9 Å². The summed E-state index contributed by atoms with van der Waals surface area (Å²) >= 11 is 0. The Morgan fingerprint density at radius 1 is 1.35 bits per heavy atom. The summed E-state index contributed by atoms with van der Waals surface area (Å²) in [6.07, 6.45) is 5.66. The minimum Gasteiger partial charge on any atom is -0.334 e. The third kappa shape index (κ3) is 3.67. The maximum Gasteiger partial charge on any atom is 0.126 e. The van der Waals surface area contributed by atoms with E-state index in [0.717, 1.165) is 37.3 Å². The van der Waals surface area contributed by atoms with E-state index in [9.17, 15) is 4.39 Å². The molecule has 2 aromatic rings. The van der Waals surface area contributed by atoms with Crippen LogP contribution in [0.3, 0.4) is 0 Å². The van der Waals surface area contributed by atoms with E-state index in [4.69, 9.17) is 0 Å². The van der Waals surface area contributed by atoms with Crippen molar-refractivity contribution >= 4 is 0 Å². The van der Waals surface area contributed by atoms with Crippen LogP contribution in [0.2, 0.25) is 0 Å². The van der Waals surface area contributed by atoms with Crippen LogP contribution in [0.5, 0.6) is 0 Å². The second-order valence-electron chi connectivity index (χ2n) is 4.92. The lowest BCUT2D eigenvalue weighted by Gasteiger charge is -2.19. The van der Waals surface area contributed by atoms with Crippen molar-refractivity contribution in [3.8, 4) is 0 Å². The van der Waals surface area contributed by atoms with Crippen molar-refractivity contribution in [2.45, 2.75) is 39.3 Å². The van der Waals surface area contributed by atoms with Crippen LogP contribution in [0.25, 0.3) is 0 Å². The van der Waals surface area contributed by atoms with Gasteiger partial charge in [-0.3, -0.25) is 0 Å². The number of rotatable bonds is 7. The zero-order valence-electron chi connectivity index (χ0n) is 12.1. The van der Waals surface area contributed by atoms with Gasteiger partial charge in [-0.15, -0.1) is 0 Å². The van der Waals surface area contributed by atoms with E-state index >= 15 is 0 Å². The first-order valence-electron chi connectivity index (χ1n) is 7.23. The summed E-state index contributed by atoms with van der Waals surface area (Å²) in [7, 11) is 0. The maximum absolute atomic E-state index is 13.3. The highest BCUT2D eigenvalue weighted by molar-refractivity contribution is 5.19. The molecular formula is C16H22FN3. The lowest BCUT2D eigenvalue weighted by Crippen LogP contribution is -2.26. The Hall–Kier alpha value is -1.68. The van der Waals surface area contributed by atoms with Gasteiger partial charge in [0, 0.05) is 18.9 Å². The van der Waals surface area contributed by atoms with Gasteiger partial charge < -0.3 is 9.88 Å². The first-order chi connectivity index (χ1) is 9.74. The molecule has 0 radical (unpaired) electrons. The zero-order valence-corrected chi connectivity index (χ0v) is 12.1. The van der Waals surface area contributed by atoms with E-state index in [1.807, 2.05) is 18.5 Å². The third-order valence-electron chi connectivity index (χ3n) is 3.30. The SMILES string of the molecule is CCCn1ccnc1C(Cc1cccc(F)c1)NCC. The summed E-state index contributed by atoms with van der Waals surface area (Å²) in [6.45, 7) is 6.05. The number of aryl methyl sites for hydroxylation is 1. The first-order valence-corrected chi connectivity index (χ1v) is 7.23. The molecule has 1 N–H and O–H groups in total. The largest absolute Gasteiger partial charge is 0.334 e. The molecular weight excluding hydrogens is 253 g/mol. The molecule has 2 rings (SSSR count). The molecule has 0 aliphatic carbocycles. The predicted molar refractivity (Wildman–Crippen MR) is 79.0 cm³/mol. The van der Waals surface area contributed by atoms with Crippen LogP contribution in [0.1, 0.15) is 37.7 Å². The van der Waals surface area contributed by atoms with Crippen molar-refractivity contribution in [3.05, 3.63) is 53.9 Å². The molecule has 1 aromatic carbocycles. The lowest BCUT2D eigenvalue weighted by molar-refractivity contribution is 0.486. The Morgan fingerprint density at radius 2 is 2.20 bits per heavy atom. The van der Waals surface area contributed by atoms with Crippen LogP contribution in [0, 0.1) is 5.82 Å². The number of nitrogens with one attached hydrogen (secondary N) is 1. The van der Waals surface area contributed by atoms with Crippen LogP contribution >= 0.6 is 0 Å². The number of hydrogen-bond acceptors (Lipinski definition) is 2. The monoisotopic (exact) mass is 275 g/mol. The van der Waals surface area contributed by atoms with E-state index < -0.39 is 0 Å². The van der Waals surface area contributed by atoms with Gasteiger partial charge in [0.05, 0.1) is 6.04 Å². The third-order valence-corrected chi connectivity index (χ3v) is 3.30. The van der Waals surface area contributed by atoms with Crippen molar-refractivity contribution in [3.63, 3.8) is 0 Å². The molecule has 0 amide bonds. The van der Waals surface area contributed by atoms with Crippen LogP contribution in [-0.2, 0) is 13.0 Å². The minimum absolute atomic E-state index is 0.114. The number of aromatic nitrogens is 2. The summed E-state index contributed by atoms with van der Waals surface area (Å²) in [6, 6.07) is 6.90. The maximum atomic E-state index is 13.3. The molecule has 1 atom stereocenters. The second-order valence-corrected chi connectivity index (χ2v) is 4.92. The molecule has 4 heteroatoms. The number of likely N-dealkylation sites (N-methyl/N-ethyl adjacent to an activating group) is 1. The van der Waals surface area contributed by atoms with Crippen molar-refractivity contribution in [2.75, 3.05) is 6.54 Å². The number of imidazole rings is 1. The van der Waals surface area contributed by atoms with E-state index in [1.165, 1.54) is 6.07 Å². The fourth-order valence-electron chi connectivity index (χ4n) is 2.46. The minimum atomic E-state index is -0.186. The average Bonchev–Trinajstić information content (AvgIpc) is 2.87. The normalized spacial score (nSPS) is 12.6. The smallest absolute Gasteiger partial charge is 0.126 e. The standard InChI is InChI=1S/C16H22FN3/c1-3-9-20-10-8-19-16(20)15(18-4-2)12-13-6-5-7-14(17)11-13/h5-8,10-11,15,18H,3-4,9,12H2,1-2H3. The fraction of sp³-hybridized carbons (Fsp3) is 0.438. The molecule has 108 valence electrons. The lowest BCUT2D eigenvalue weighted by atomic mass is 10.0. The molecule has 0 bridgehead atoms. The highest BCUT2D eigenvalue weighted by Gasteiger charge is 2.16. The van der Waals surface area contributed by atoms with E-state index in [1.54, 1.807) is 12.1 Å². The molecule has 0 saturated carbocycles. The average molecular weight is 275 g/mol. The fourth-order valence-corrected chi connectivity index (χ4v) is 2.46. The van der Waals surface area contributed by atoms with Gasteiger partial charge in [0.25, 0.3) is 0 Å². The number of nitrogens with zero attached hydrogens (tertiary/aromatic N) is 2. The van der Waals surface area contributed by atoms with Crippen LogP contribution in [0.15, 0.2) is 36.7 Å². The first kappa shape index (κ1) is 14.7. The van der Waals surface area contributed by atoms with Gasteiger partial charge in [-0.1, -0.05) is 26.0 Å². The van der Waals surface area contributed by atoms with Gasteiger partial charge in [0.15, 0.2) is 0 Å². The van der Waals surface area contributed by atoms with Gasteiger partial charge >= 0.3 is 0 Å². The van der Waals surface area contributed by atoms with Crippen molar-refractivity contribution in [1.29, 1.82) is 0 Å². The molecule has 1 unspecified atom stereocenters. The summed E-state index contributed by atoms with van der Waals surface area (Å²) < 4.78 is 15.5. The van der Waals surface area contributed by atoms with Crippen molar-refractivity contribution < 1.29 is 4.39 Å². The molecule has 1 aromatic heterocycles. The molecule has 0 aliphatic rings. The quantitative estimate of drug-likeness (QED) is 0.840. The molecule has 0 fully saturated rings.